The minimum atomic E-state index is 0.0716. The Balaban J connectivity index is 1.17. The molecule has 2 saturated heterocycles. The van der Waals surface area contributed by atoms with Crippen molar-refractivity contribution in [1.82, 2.24) is 10.2 Å². The van der Waals surface area contributed by atoms with Crippen LogP contribution in [-0.4, -0.2) is 63.2 Å². The third-order valence-electron chi connectivity index (χ3n) is 6.77. The number of hydrogen-bond donors (Lipinski definition) is 1. The van der Waals surface area contributed by atoms with Crippen LogP contribution < -0.4 is 15.1 Å². The maximum absolute atomic E-state index is 12.9. The van der Waals surface area contributed by atoms with Gasteiger partial charge in [0.1, 0.15) is 0 Å². The fourth-order valence-electron chi connectivity index (χ4n) is 4.88. The van der Waals surface area contributed by atoms with Gasteiger partial charge in [0.15, 0.2) is 0 Å². The van der Waals surface area contributed by atoms with Crippen molar-refractivity contribution in [2.75, 3.05) is 62.2 Å². The smallest absolute Gasteiger partial charge is 0.253 e. The molecule has 0 radical (unpaired) electrons. The van der Waals surface area contributed by atoms with Gasteiger partial charge in [-0.05, 0) is 75.9 Å². The van der Waals surface area contributed by atoms with Gasteiger partial charge in [-0.3, -0.25) is 9.69 Å². The average Bonchev–Trinajstić information content (AvgIpc) is 3.34. The zero-order valence-corrected chi connectivity index (χ0v) is 19.8. The Morgan fingerprint density at radius 2 is 1.59 bits per heavy atom. The van der Waals surface area contributed by atoms with Gasteiger partial charge >= 0.3 is 0 Å². The van der Waals surface area contributed by atoms with Gasteiger partial charge in [-0.25, -0.2) is 0 Å². The summed E-state index contributed by atoms with van der Waals surface area (Å²) in [5.74, 6) is 0.0716. The first-order valence-corrected chi connectivity index (χ1v) is 12.3. The Morgan fingerprint density at radius 3 is 2.34 bits per heavy atom. The summed E-state index contributed by atoms with van der Waals surface area (Å²) in [6, 6.07) is 15.1. The zero-order valence-electron chi connectivity index (χ0n) is 19.8. The van der Waals surface area contributed by atoms with E-state index in [4.69, 9.17) is 0 Å². The molecule has 2 heterocycles. The van der Waals surface area contributed by atoms with Gasteiger partial charge < -0.3 is 15.1 Å². The second-order valence-corrected chi connectivity index (χ2v) is 9.35. The van der Waals surface area contributed by atoms with Crippen LogP contribution in [0, 0.1) is 13.8 Å². The highest BCUT2D eigenvalue weighted by Crippen LogP contribution is 2.25. The fourth-order valence-corrected chi connectivity index (χ4v) is 4.88. The number of hydrogen-bond acceptors (Lipinski definition) is 4. The first-order valence-electron chi connectivity index (χ1n) is 12.3. The quantitative estimate of drug-likeness (QED) is 0.631. The highest BCUT2D eigenvalue weighted by atomic mass is 16.1. The number of anilines is 2. The normalized spacial score (nSPS) is 17.1. The van der Waals surface area contributed by atoms with Crippen molar-refractivity contribution in [2.24, 2.45) is 0 Å². The van der Waals surface area contributed by atoms with Gasteiger partial charge in [-0.15, -0.1) is 0 Å². The molecule has 0 atom stereocenters. The number of unbranched alkanes of at least 4 members (excludes halogenated alkanes) is 1. The molecule has 2 aliphatic rings. The number of rotatable bonds is 8. The van der Waals surface area contributed by atoms with E-state index in [1.807, 2.05) is 6.07 Å². The van der Waals surface area contributed by atoms with Crippen LogP contribution in [-0.2, 0) is 0 Å². The van der Waals surface area contributed by atoms with Crippen LogP contribution in [0.25, 0.3) is 0 Å². The predicted octanol–water partition coefficient (Wildman–Crippen LogP) is 4.24. The van der Waals surface area contributed by atoms with E-state index in [9.17, 15) is 4.79 Å². The average molecular weight is 435 g/mol. The molecule has 32 heavy (non-hydrogen) atoms. The van der Waals surface area contributed by atoms with Crippen LogP contribution in [0.4, 0.5) is 11.4 Å². The van der Waals surface area contributed by atoms with Gasteiger partial charge in [0.2, 0.25) is 0 Å². The minimum absolute atomic E-state index is 0.0716. The van der Waals surface area contributed by atoms with Crippen molar-refractivity contribution in [2.45, 2.75) is 39.5 Å². The van der Waals surface area contributed by atoms with Crippen LogP contribution in [0.15, 0.2) is 42.5 Å². The summed E-state index contributed by atoms with van der Waals surface area (Å²) in [4.78, 5) is 20.3. The van der Waals surface area contributed by atoms with E-state index in [1.54, 1.807) is 0 Å². The second-order valence-electron chi connectivity index (χ2n) is 9.35. The van der Waals surface area contributed by atoms with Crippen molar-refractivity contribution in [3.05, 3.63) is 59.2 Å². The third kappa shape index (κ3) is 5.83. The number of carbonyl (C=O) groups excluding carboxylic acids is 1. The first kappa shape index (κ1) is 22.7. The zero-order chi connectivity index (χ0) is 22.3. The molecule has 5 nitrogen and oxygen atoms in total. The lowest BCUT2D eigenvalue weighted by Crippen LogP contribution is -2.46. The molecule has 0 aromatic heterocycles. The Labute approximate surface area is 193 Å². The van der Waals surface area contributed by atoms with Crippen LogP contribution in [0.2, 0.25) is 0 Å². The molecule has 0 unspecified atom stereocenters. The fraction of sp³-hybridized carbons (Fsp3) is 0.519. The molecule has 1 N–H and O–H groups in total. The van der Waals surface area contributed by atoms with Gasteiger partial charge in [0.25, 0.3) is 5.91 Å². The van der Waals surface area contributed by atoms with Gasteiger partial charge in [-0.1, -0.05) is 23.8 Å². The molecular weight excluding hydrogens is 396 g/mol. The van der Waals surface area contributed by atoms with E-state index in [0.29, 0.717) is 0 Å². The summed E-state index contributed by atoms with van der Waals surface area (Å²) in [7, 11) is 0. The SMILES string of the molecule is Cc1cccc(N2CCN(CCCCNC(=O)c3cc(C)ccc3N3CCCC3)CC2)c1. The molecule has 0 spiro atoms. The van der Waals surface area contributed by atoms with Crippen LogP contribution in [0.3, 0.4) is 0 Å². The summed E-state index contributed by atoms with van der Waals surface area (Å²) in [5.41, 5.74) is 5.74. The van der Waals surface area contributed by atoms with Crippen molar-refractivity contribution in [1.29, 1.82) is 0 Å². The number of nitrogens with zero attached hydrogens (tertiary/aromatic N) is 3. The number of benzene rings is 2. The summed E-state index contributed by atoms with van der Waals surface area (Å²) >= 11 is 0. The Hall–Kier alpha value is -2.53. The summed E-state index contributed by atoms with van der Waals surface area (Å²) in [5, 5.41) is 3.17. The third-order valence-corrected chi connectivity index (χ3v) is 6.77. The molecule has 2 fully saturated rings. The summed E-state index contributed by atoms with van der Waals surface area (Å²) in [6.45, 7) is 12.6. The van der Waals surface area contributed by atoms with Crippen LogP contribution in [0.5, 0.6) is 0 Å². The van der Waals surface area contributed by atoms with Crippen molar-refractivity contribution in [3.8, 4) is 0 Å². The van der Waals surface area contributed by atoms with Crippen LogP contribution >= 0.6 is 0 Å². The number of piperazine rings is 1. The molecule has 0 saturated carbocycles. The molecule has 2 aromatic rings. The number of carbonyl (C=O) groups is 1. The molecular formula is C27H38N4O. The maximum atomic E-state index is 12.9. The van der Waals surface area contributed by atoms with E-state index in [2.05, 4.69) is 70.3 Å². The van der Waals surface area contributed by atoms with Crippen molar-refractivity contribution >= 4 is 17.3 Å². The Bertz CT molecular complexity index is 898. The van der Waals surface area contributed by atoms with Crippen molar-refractivity contribution < 1.29 is 4.79 Å². The predicted molar refractivity (Wildman–Crippen MR) is 134 cm³/mol. The van der Waals surface area contributed by atoms with Gasteiger partial charge in [0.05, 0.1) is 5.56 Å². The molecule has 2 aliphatic heterocycles. The number of aryl methyl sites for hydroxylation is 2. The molecule has 0 aliphatic carbocycles. The molecule has 1 amide bonds. The van der Waals surface area contributed by atoms with Gasteiger partial charge in [-0.2, -0.15) is 0 Å². The lowest BCUT2D eigenvalue weighted by atomic mass is 10.1. The van der Waals surface area contributed by atoms with Crippen molar-refractivity contribution in [3.63, 3.8) is 0 Å². The molecule has 5 heteroatoms. The minimum Gasteiger partial charge on any atom is -0.371 e. The van der Waals surface area contributed by atoms with E-state index >= 15 is 0 Å². The monoisotopic (exact) mass is 434 g/mol. The van der Waals surface area contributed by atoms with Crippen LogP contribution in [0.1, 0.15) is 47.2 Å². The summed E-state index contributed by atoms with van der Waals surface area (Å²) < 4.78 is 0. The van der Waals surface area contributed by atoms with E-state index in [0.717, 1.165) is 82.0 Å². The van der Waals surface area contributed by atoms with E-state index in [1.165, 1.54) is 24.1 Å². The molecule has 0 bridgehead atoms. The highest BCUT2D eigenvalue weighted by molar-refractivity contribution is 6.00. The molecule has 2 aromatic carbocycles. The molecule has 172 valence electrons. The van der Waals surface area contributed by atoms with E-state index in [-0.39, 0.29) is 5.91 Å². The standard InChI is InChI=1S/C27H38N4O/c1-22-8-7-9-24(20-22)30-18-16-29(17-19-30)13-4-3-12-28-27(32)25-21-23(2)10-11-26(25)31-14-5-6-15-31/h7-11,20-21H,3-6,12-19H2,1-2H3,(H,28,32). The lowest BCUT2D eigenvalue weighted by Gasteiger charge is -2.36. The Morgan fingerprint density at radius 1 is 0.844 bits per heavy atom. The highest BCUT2D eigenvalue weighted by Gasteiger charge is 2.20. The largest absolute Gasteiger partial charge is 0.371 e. The second kappa shape index (κ2) is 10.9. The van der Waals surface area contributed by atoms with E-state index < -0.39 is 0 Å². The Kier molecular flexibility index (Phi) is 7.69. The molecule has 4 rings (SSSR count). The topological polar surface area (TPSA) is 38.8 Å². The van der Waals surface area contributed by atoms with Gasteiger partial charge in [0, 0.05) is 57.2 Å². The maximum Gasteiger partial charge on any atom is 0.253 e. The number of amides is 1. The lowest BCUT2D eigenvalue weighted by molar-refractivity contribution is 0.0953. The first-order chi connectivity index (χ1) is 15.6. The summed E-state index contributed by atoms with van der Waals surface area (Å²) in [6.07, 6.45) is 4.58. The number of nitrogens with one attached hydrogen (secondary N) is 1.